The molecule has 0 aliphatic carbocycles. The fourth-order valence-electron chi connectivity index (χ4n) is 0.507. The number of ether oxygens (including phenoxy) is 1. The quantitative estimate of drug-likeness (QED) is 0.629. The second-order valence-corrected chi connectivity index (χ2v) is 2.60. The summed E-state index contributed by atoms with van der Waals surface area (Å²) in [6.07, 6.45) is 1.70. The molecule has 0 saturated heterocycles. The van der Waals surface area contributed by atoms with Crippen LogP contribution < -0.4 is 5.73 Å². The average Bonchev–Trinajstić information content (AvgIpc) is 2.41. The standard InChI is InChI=1S/C5H9N3OS/c6-1-2-9-4-5-3-7-8-10-5/h3H,1-2,4,6H2. The summed E-state index contributed by atoms with van der Waals surface area (Å²) in [5.74, 6) is 0. The minimum Gasteiger partial charge on any atom is -0.375 e. The first kappa shape index (κ1) is 7.59. The zero-order chi connectivity index (χ0) is 7.23. The van der Waals surface area contributed by atoms with E-state index in [9.17, 15) is 0 Å². The number of aromatic nitrogens is 2. The summed E-state index contributed by atoms with van der Waals surface area (Å²) in [7, 11) is 0. The fraction of sp³-hybridized carbons (Fsp3) is 0.600. The molecule has 0 fully saturated rings. The molecule has 4 nitrogen and oxygen atoms in total. The molecule has 0 radical (unpaired) electrons. The van der Waals surface area contributed by atoms with E-state index in [0.717, 1.165) is 4.88 Å². The van der Waals surface area contributed by atoms with E-state index in [1.165, 1.54) is 11.5 Å². The molecular formula is C5H9N3OS. The first-order chi connectivity index (χ1) is 4.93. The lowest BCUT2D eigenvalue weighted by Crippen LogP contribution is -2.07. The van der Waals surface area contributed by atoms with Gasteiger partial charge in [-0.15, -0.1) is 5.10 Å². The van der Waals surface area contributed by atoms with Crippen LogP contribution in [0.15, 0.2) is 6.20 Å². The van der Waals surface area contributed by atoms with Crippen molar-refractivity contribution in [2.45, 2.75) is 6.61 Å². The molecule has 2 N–H and O–H groups in total. The second-order valence-electron chi connectivity index (χ2n) is 1.73. The SMILES string of the molecule is NCCOCc1cnns1. The van der Waals surface area contributed by atoms with E-state index in [1.807, 2.05) is 0 Å². The van der Waals surface area contributed by atoms with E-state index >= 15 is 0 Å². The Kier molecular flexibility index (Phi) is 3.28. The lowest BCUT2D eigenvalue weighted by molar-refractivity contribution is 0.130. The van der Waals surface area contributed by atoms with Crippen molar-refractivity contribution < 1.29 is 4.74 Å². The molecule has 0 atom stereocenters. The molecule has 1 aromatic heterocycles. The summed E-state index contributed by atoms with van der Waals surface area (Å²) in [4.78, 5) is 1.04. The monoisotopic (exact) mass is 159 g/mol. The Balaban J connectivity index is 2.15. The molecule has 0 aliphatic rings. The summed E-state index contributed by atoms with van der Waals surface area (Å²) in [6.45, 7) is 1.74. The minimum atomic E-state index is 0.562. The lowest BCUT2D eigenvalue weighted by atomic mass is 10.6. The molecule has 0 saturated carbocycles. The van der Waals surface area contributed by atoms with Gasteiger partial charge in [-0.2, -0.15) is 0 Å². The third kappa shape index (κ3) is 2.38. The van der Waals surface area contributed by atoms with Crippen molar-refractivity contribution in [2.75, 3.05) is 13.2 Å². The van der Waals surface area contributed by atoms with Crippen LogP contribution in [0.25, 0.3) is 0 Å². The second kappa shape index (κ2) is 4.32. The first-order valence-electron chi connectivity index (χ1n) is 2.97. The summed E-state index contributed by atoms with van der Waals surface area (Å²) < 4.78 is 8.81. The van der Waals surface area contributed by atoms with Gasteiger partial charge in [0.25, 0.3) is 0 Å². The lowest BCUT2D eigenvalue weighted by Gasteiger charge is -1.96. The number of rotatable bonds is 4. The molecule has 10 heavy (non-hydrogen) atoms. The van der Waals surface area contributed by atoms with Gasteiger partial charge in [-0.3, -0.25) is 0 Å². The highest BCUT2D eigenvalue weighted by Gasteiger charge is 1.93. The van der Waals surface area contributed by atoms with E-state index in [4.69, 9.17) is 10.5 Å². The first-order valence-corrected chi connectivity index (χ1v) is 3.75. The molecule has 56 valence electrons. The van der Waals surface area contributed by atoms with E-state index < -0.39 is 0 Å². The zero-order valence-corrected chi connectivity index (χ0v) is 6.30. The maximum Gasteiger partial charge on any atom is 0.0842 e. The highest BCUT2D eigenvalue weighted by atomic mass is 32.1. The Bertz CT molecular complexity index is 165. The molecular weight excluding hydrogens is 150 g/mol. The third-order valence-corrected chi connectivity index (χ3v) is 1.55. The molecule has 5 heteroatoms. The van der Waals surface area contributed by atoms with Crippen molar-refractivity contribution in [1.29, 1.82) is 0 Å². The molecule has 0 unspecified atom stereocenters. The Morgan fingerprint density at radius 1 is 1.70 bits per heavy atom. The van der Waals surface area contributed by atoms with Crippen molar-refractivity contribution >= 4 is 11.5 Å². The van der Waals surface area contributed by atoms with Crippen LogP contribution in [0.3, 0.4) is 0 Å². The van der Waals surface area contributed by atoms with E-state index in [-0.39, 0.29) is 0 Å². The smallest absolute Gasteiger partial charge is 0.0842 e. The van der Waals surface area contributed by atoms with Crippen molar-refractivity contribution in [1.82, 2.24) is 9.59 Å². The maximum atomic E-state index is 5.22. The van der Waals surface area contributed by atoms with Gasteiger partial charge >= 0.3 is 0 Å². The highest BCUT2D eigenvalue weighted by Crippen LogP contribution is 2.02. The van der Waals surface area contributed by atoms with Gasteiger partial charge in [0.1, 0.15) is 0 Å². The van der Waals surface area contributed by atoms with Gasteiger partial charge in [0.05, 0.1) is 24.3 Å². The van der Waals surface area contributed by atoms with Crippen LogP contribution in [0.5, 0.6) is 0 Å². The van der Waals surface area contributed by atoms with E-state index in [1.54, 1.807) is 6.20 Å². The van der Waals surface area contributed by atoms with Gasteiger partial charge in [0.2, 0.25) is 0 Å². The van der Waals surface area contributed by atoms with Gasteiger partial charge in [-0.05, 0) is 11.5 Å². The predicted molar refractivity (Wildman–Crippen MR) is 38.6 cm³/mol. The molecule has 1 aromatic rings. The van der Waals surface area contributed by atoms with Crippen LogP contribution >= 0.6 is 11.5 Å². The van der Waals surface area contributed by atoms with E-state index in [2.05, 4.69) is 9.59 Å². The van der Waals surface area contributed by atoms with Gasteiger partial charge in [-0.1, -0.05) is 4.49 Å². The van der Waals surface area contributed by atoms with Gasteiger partial charge in [0, 0.05) is 6.54 Å². The van der Waals surface area contributed by atoms with Crippen LogP contribution in [0.2, 0.25) is 0 Å². The Morgan fingerprint density at radius 3 is 3.20 bits per heavy atom. The number of hydrogen-bond donors (Lipinski definition) is 1. The van der Waals surface area contributed by atoms with Gasteiger partial charge in [-0.25, -0.2) is 0 Å². The number of nitrogens with two attached hydrogens (primary N) is 1. The summed E-state index contributed by atoms with van der Waals surface area (Å²) in [5, 5.41) is 3.66. The molecule has 0 aromatic carbocycles. The van der Waals surface area contributed by atoms with Crippen LogP contribution in [-0.2, 0) is 11.3 Å². The zero-order valence-electron chi connectivity index (χ0n) is 5.49. The van der Waals surface area contributed by atoms with Crippen molar-refractivity contribution in [3.63, 3.8) is 0 Å². The minimum absolute atomic E-state index is 0.562. The van der Waals surface area contributed by atoms with Gasteiger partial charge < -0.3 is 10.5 Å². The average molecular weight is 159 g/mol. The summed E-state index contributed by atoms with van der Waals surface area (Å²) >= 11 is 1.35. The molecule has 0 bridgehead atoms. The largest absolute Gasteiger partial charge is 0.375 e. The van der Waals surface area contributed by atoms with Crippen molar-refractivity contribution in [3.05, 3.63) is 11.1 Å². The number of hydrogen-bond acceptors (Lipinski definition) is 5. The van der Waals surface area contributed by atoms with Crippen LogP contribution in [-0.4, -0.2) is 22.7 Å². The Morgan fingerprint density at radius 2 is 2.60 bits per heavy atom. The summed E-state index contributed by atoms with van der Waals surface area (Å²) in [6, 6.07) is 0. The maximum absolute atomic E-state index is 5.22. The Hall–Kier alpha value is -0.520. The predicted octanol–water partition coefficient (Wildman–Crippen LogP) is 0.0134. The van der Waals surface area contributed by atoms with Gasteiger partial charge in [0.15, 0.2) is 0 Å². The molecule has 1 rings (SSSR count). The van der Waals surface area contributed by atoms with Crippen molar-refractivity contribution in [3.8, 4) is 0 Å². The van der Waals surface area contributed by atoms with Crippen LogP contribution in [0.1, 0.15) is 4.88 Å². The highest BCUT2D eigenvalue weighted by molar-refractivity contribution is 7.05. The fourth-order valence-corrected chi connectivity index (χ4v) is 0.937. The normalized spacial score (nSPS) is 10.1. The topological polar surface area (TPSA) is 61.0 Å². The van der Waals surface area contributed by atoms with Crippen LogP contribution in [0, 0.1) is 0 Å². The molecule has 1 heterocycles. The van der Waals surface area contributed by atoms with E-state index in [0.29, 0.717) is 19.8 Å². The van der Waals surface area contributed by atoms with Crippen LogP contribution in [0.4, 0.5) is 0 Å². The molecule has 0 spiro atoms. The summed E-state index contributed by atoms with van der Waals surface area (Å²) in [5.41, 5.74) is 5.22. The Labute approximate surface area is 63.2 Å². The third-order valence-electron chi connectivity index (χ3n) is 0.913. The van der Waals surface area contributed by atoms with Crippen molar-refractivity contribution in [2.24, 2.45) is 5.73 Å². The number of nitrogens with zero attached hydrogens (tertiary/aromatic N) is 2. The molecule has 0 amide bonds. The molecule has 0 aliphatic heterocycles.